The summed E-state index contributed by atoms with van der Waals surface area (Å²) >= 11 is 0. The number of nitrogens with zero attached hydrogens (tertiary/aromatic N) is 3. The molecule has 7 N–H and O–H groups in total. The minimum Gasteiger partial charge on any atom is -0.490 e. The van der Waals surface area contributed by atoms with Crippen LogP contribution in [0.2, 0.25) is 0 Å². The number of nitrogens with one attached hydrogen (secondary N) is 5. The van der Waals surface area contributed by atoms with E-state index in [4.69, 9.17) is 33.1 Å². The zero-order valence-corrected chi connectivity index (χ0v) is 58.5. The molecular formula is C65H83N8O16PS4. The minimum absolute atomic E-state index is 0.0632. The highest BCUT2D eigenvalue weighted by Gasteiger charge is 2.40. The number of phosphoric ester groups is 1. The molecule has 4 amide bonds. The molecule has 3 aromatic carbocycles. The second-order valence-electron chi connectivity index (χ2n) is 22.7. The number of carbonyl (C=O) groups is 4. The summed E-state index contributed by atoms with van der Waals surface area (Å²) in [6.45, 7) is 17.5. The third kappa shape index (κ3) is 22.5. The molecular weight excluding hydrogens is 1310 g/mol. The first-order chi connectivity index (χ1) is 44.8. The van der Waals surface area contributed by atoms with Gasteiger partial charge in [0, 0.05) is 109 Å². The van der Waals surface area contributed by atoms with Gasteiger partial charge in [-0.2, -0.15) is 0 Å². The van der Waals surface area contributed by atoms with E-state index in [0.29, 0.717) is 47.7 Å². The molecule has 1 fully saturated rings. The molecule has 3 heterocycles. The molecule has 2 aliphatic heterocycles. The Hall–Kier alpha value is -6.58. The number of fused-ring (bicyclic) bond motifs is 2. The Bertz CT molecular complexity index is 3880. The van der Waals surface area contributed by atoms with Crippen molar-refractivity contribution in [3.05, 3.63) is 133 Å². The Labute approximate surface area is 562 Å². The summed E-state index contributed by atoms with van der Waals surface area (Å²) in [6, 6.07) is 22.5. The number of carbonyl (C=O) groups excluding carboxylic acids is 4. The zero-order valence-electron chi connectivity index (χ0n) is 54.3. The van der Waals surface area contributed by atoms with Gasteiger partial charge in [-0.1, -0.05) is 100 Å². The number of aromatic nitrogens is 2. The predicted molar refractivity (Wildman–Crippen MR) is 370 cm³/mol. The number of benzene rings is 4. The van der Waals surface area contributed by atoms with E-state index in [-0.39, 0.29) is 92.4 Å². The maximum atomic E-state index is 14.3. The molecule has 0 radical (unpaired) electrons. The first-order valence-corrected chi connectivity index (χ1v) is 37.0. The summed E-state index contributed by atoms with van der Waals surface area (Å²) in [5.41, 5.74) is 4.62. The summed E-state index contributed by atoms with van der Waals surface area (Å²) in [5.74, 6) is 5.19. The highest BCUT2D eigenvalue weighted by molar-refractivity contribution is 8.77. The van der Waals surface area contributed by atoms with Gasteiger partial charge < -0.3 is 64.1 Å². The molecule has 508 valence electrons. The van der Waals surface area contributed by atoms with Crippen molar-refractivity contribution in [1.29, 1.82) is 0 Å². The largest absolute Gasteiger partial charge is 0.490 e. The zero-order chi connectivity index (χ0) is 68.1. The lowest BCUT2D eigenvalue weighted by Crippen LogP contribution is -2.35. The number of aromatic amines is 1. The normalized spacial score (nSPS) is 15.7. The van der Waals surface area contributed by atoms with Gasteiger partial charge in [0.2, 0.25) is 11.8 Å². The summed E-state index contributed by atoms with van der Waals surface area (Å²) in [6.07, 6.45) is 1.09. The highest BCUT2D eigenvalue weighted by Crippen LogP contribution is 2.44. The fraction of sp³-hybridized carbons (Fsp3) is 0.462. The Kier molecular flexibility index (Phi) is 28.6. The number of H-pyrrole nitrogens is 1. The van der Waals surface area contributed by atoms with Gasteiger partial charge in [0.15, 0.2) is 0 Å². The molecule has 29 heteroatoms. The van der Waals surface area contributed by atoms with E-state index in [9.17, 15) is 43.1 Å². The minimum atomic E-state index is -4.84. The first kappa shape index (κ1) is 74.8. The molecule has 7 rings (SSSR count). The molecule has 5 atom stereocenters. The Morgan fingerprint density at radius 1 is 0.947 bits per heavy atom. The topological polar surface area (TPSA) is 313 Å². The standard InChI is InChI=1S/C65H83N8O16PS4/c1-11-66-50-33-52-48(30-40(50)3)60(49-31-41(4)51(67-12-2)34-53(49)88-52)46-21-13-14-22-47(46)63(78)72(9)27-17-23-56(74)69-25-26-70-61(76)43-18-15-20-45(32-43)85-39-59(93-94-65(6,7)8)84-29-28-83-38-57(75)68-24-16-19-44-36-73(64(79)71-62(44)77)58-35-54(87-42(5)92-91-10)55(89-58)37-86-90(80,81)82/h13-15,18,20-22,30-34,36,42,54-55,58-59,66H,11-12,17,23-29,35,37-39H2,1-10H3,(H,68,75)(H,69,74)(H,70,76)(H,71,77,79)(H2,80,81,82)/b67-51-/t42-,54-,55-,58-,59?/m1/s1. The molecule has 0 spiro atoms. The van der Waals surface area contributed by atoms with Crippen molar-refractivity contribution in [1.82, 2.24) is 30.4 Å². The van der Waals surface area contributed by atoms with Crippen LogP contribution in [0.15, 0.2) is 98.0 Å². The van der Waals surface area contributed by atoms with E-state index < -0.39 is 55.5 Å². The third-order valence-electron chi connectivity index (χ3n) is 14.2. The Morgan fingerprint density at radius 2 is 1.72 bits per heavy atom. The highest BCUT2D eigenvalue weighted by atomic mass is 33.1. The summed E-state index contributed by atoms with van der Waals surface area (Å²) in [5, 5.41) is 13.5. The second-order valence-corrected chi connectivity index (χ2v) is 29.9. The van der Waals surface area contributed by atoms with Gasteiger partial charge >= 0.3 is 13.5 Å². The van der Waals surface area contributed by atoms with E-state index in [0.717, 1.165) is 55.4 Å². The van der Waals surface area contributed by atoms with Crippen LogP contribution in [0.1, 0.15) is 104 Å². The molecule has 1 unspecified atom stereocenters. The molecule has 1 aromatic heterocycles. The molecule has 94 heavy (non-hydrogen) atoms. The smallest absolute Gasteiger partial charge is 0.469 e. The van der Waals surface area contributed by atoms with Crippen LogP contribution in [0, 0.1) is 25.7 Å². The first-order valence-electron chi connectivity index (χ1n) is 30.6. The van der Waals surface area contributed by atoms with Gasteiger partial charge in [-0.3, -0.25) is 43.0 Å². The summed E-state index contributed by atoms with van der Waals surface area (Å²) in [4.78, 5) is 106. The van der Waals surface area contributed by atoms with Crippen LogP contribution in [-0.2, 0) is 37.6 Å². The Morgan fingerprint density at radius 3 is 2.47 bits per heavy atom. The number of hydrogen-bond acceptors (Lipinski definition) is 20. The fourth-order valence-electron chi connectivity index (χ4n) is 9.90. The Balaban J connectivity index is 0.829. The van der Waals surface area contributed by atoms with Crippen molar-refractivity contribution in [2.75, 3.05) is 90.9 Å². The van der Waals surface area contributed by atoms with Crippen molar-refractivity contribution < 1.29 is 66.2 Å². The van der Waals surface area contributed by atoms with Gasteiger partial charge in [-0.05, 0) is 100 Å². The van der Waals surface area contributed by atoms with Gasteiger partial charge in [0.1, 0.15) is 59.1 Å². The lowest BCUT2D eigenvalue weighted by atomic mass is 9.89. The van der Waals surface area contributed by atoms with Crippen LogP contribution in [0.5, 0.6) is 5.75 Å². The van der Waals surface area contributed by atoms with E-state index >= 15 is 0 Å². The van der Waals surface area contributed by atoms with Crippen LogP contribution < -0.4 is 42.6 Å². The van der Waals surface area contributed by atoms with Gasteiger partial charge in [-0.25, -0.2) is 9.36 Å². The van der Waals surface area contributed by atoms with E-state index in [1.807, 2.05) is 63.4 Å². The number of hydrogen-bond donors (Lipinski definition) is 7. The maximum Gasteiger partial charge on any atom is 0.469 e. The molecule has 24 nitrogen and oxygen atoms in total. The predicted octanol–water partition coefficient (Wildman–Crippen LogP) is 8.65. The number of ether oxygens (including phenoxy) is 5. The summed E-state index contributed by atoms with van der Waals surface area (Å²) in [7, 11) is 2.84. The molecule has 1 saturated heterocycles. The van der Waals surface area contributed by atoms with E-state index in [1.54, 1.807) is 53.9 Å². The number of anilines is 1. The fourth-order valence-corrected chi connectivity index (χ4v) is 13.8. The number of amides is 4. The molecule has 0 saturated carbocycles. The maximum absolute atomic E-state index is 14.3. The van der Waals surface area contributed by atoms with Crippen LogP contribution in [-0.4, -0.2) is 161 Å². The van der Waals surface area contributed by atoms with Crippen molar-refractivity contribution >= 4 is 91.3 Å². The quantitative estimate of drug-likeness (QED) is 0.00506. The van der Waals surface area contributed by atoms with E-state index in [1.165, 1.54) is 38.6 Å². The van der Waals surface area contributed by atoms with Crippen LogP contribution >= 0.6 is 51.0 Å². The van der Waals surface area contributed by atoms with Crippen molar-refractivity contribution in [2.45, 2.75) is 109 Å². The average molecular weight is 1390 g/mol. The average Bonchev–Trinajstić information content (AvgIpc) is 0.897. The SMILES string of the molecule is CC/N=c1/cc2oc3cc(NCC)c(C)cc3c(-c3ccccc3C(=O)N(C)CCCC(=O)NCCNC(=O)c3cccc(OCC(OCCOCC(=O)NCC#Cc4cn([C@H]5C[C@@H](O[C@@H](C)SSC)[C@@H](COP(=O)(O)O)O5)c(=O)[nH]c4=O)SSC(C)(C)C)c3)c-2cc1C. The van der Waals surface area contributed by atoms with Crippen LogP contribution in [0.25, 0.3) is 33.4 Å². The van der Waals surface area contributed by atoms with Crippen molar-refractivity contribution in [3.8, 4) is 40.0 Å². The molecule has 3 aliphatic rings. The number of phosphoric acid groups is 1. The van der Waals surface area contributed by atoms with Crippen LogP contribution in [0.4, 0.5) is 5.69 Å². The third-order valence-corrected chi connectivity index (χ3v) is 20.2. The second kappa shape index (κ2) is 36.0. The van der Waals surface area contributed by atoms with Crippen molar-refractivity contribution in [3.63, 3.8) is 0 Å². The lowest BCUT2D eigenvalue weighted by molar-refractivity contribution is -0.126. The van der Waals surface area contributed by atoms with Gasteiger partial charge in [0.25, 0.3) is 17.4 Å². The molecule has 0 bridgehead atoms. The van der Waals surface area contributed by atoms with E-state index in [2.05, 4.69) is 82.4 Å². The lowest BCUT2D eigenvalue weighted by Gasteiger charge is -2.22. The van der Waals surface area contributed by atoms with Crippen LogP contribution in [0.3, 0.4) is 0 Å². The molecule has 4 aromatic rings. The van der Waals surface area contributed by atoms with Crippen molar-refractivity contribution in [2.24, 2.45) is 4.99 Å². The summed E-state index contributed by atoms with van der Waals surface area (Å²) < 4.78 is 53.4. The monoisotopic (exact) mass is 1390 g/mol. The number of aryl methyl sites for hydroxylation is 2. The van der Waals surface area contributed by atoms with Gasteiger partial charge in [0.05, 0.1) is 37.8 Å². The number of rotatable bonds is 33. The van der Waals surface area contributed by atoms with Gasteiger partial charge in [-0.15, -0.1) is 0 Å². The molecule has 1 aliphatic carbocycles.